The van der Waals surface area contributed by atoms with Gasteiger partial charge in [-0.2, -0.15) is 8.42 Å². The smallest absolute Gasteiger partial charge is 0.342 e. The maximum absolute atomic E-state index is 13.7. The summed E-state index contributed by atoms with van der Waals surface area (Å²) in [6, 6.07) is 8.35. The van der Waals surface area contributed by atoms with Crippen molar-refractivity contribution in [2.24, 2.45) is 0 Å². The zero-order chi connectivity index (χ0) is 15.6. The molecule has 112 valence electrons. The van der Waals surface area contributed by atoms with Crippen molar-refractivity contribution < 1.29 is 21.7 Å². The van der Waals surface area contributed by atoms with Gasteiger partial charge in [-0.05, 0) is 42.8 Å². The topological polar surface area (TPSA) is 52.6 Å². The molecule has 0 aliphatic rings. The van der Waals surface area contributed by atoms with E-state index in [4.69, 9.17) is 8.92 Å². The number of ether oxygens (including phenoxy) is 1. The highest BCUT2D eigenvalue weighted by atomic mass is 79.9. The van der Waals surface area contributed by atoms with Crippen molar-refractivity contribution >= 4 is 26.0 Å². The van der Waals surface area contributed by atoms with Gasteiger partial charge in [-0.3, -0.25) is 0 Å². The van der Waals surface area contributed by atoms with Gasteiger partial charge in [-0.15, -0.1) is 0 Å². The lowest BCUT2D eigenvalue weighted by Gasteiger charge is -2.12. The molecule has 7 heteroatoms. The van der Waals surface area contributed by atoms with Crippen LogP contribution in [0.2, 0.25) is 0 Å². The van der Waals surface area contributed by atoms with Crippen LogP contribution in [0.15, 0.2) is 45.8 Å². The van der Waals surface area contributed by atoms with Gasteiger partial charge >= 0.3 is 10.1 Å². The number of halogens is 2. The molecule has 2 rings (SSSR count). The van der Waals surface area contributed by atoms with Crippen LogP contribution >= 0.6 is 15.9 Å². The van der Waals surface area contributed by atoms with Gasteiger partial charge in [0.25, 0.3) is 0 Å². The molecule has 4 nitrogen and oxygen atoms in total. The van der Waals surface area contributed by atoms with Crippen LogP contribution in [0.4, 0.5) is 4.39 Å². The molecule has 0 N–H and O–H groups in total. The molecule has 0 saturated carbocycles. The van der Waals surface area contributed by atoms with E-state index in [2.05, 4.69) is 15.9 Å². The van der Waals surface area contributed by atoms with Crippen LogP contribution in [0.1, 0.15) is 5.56 Å². The summed E-state index contributed by atoms with van der Waals surface area (Å²) < 4.78 is 48.6. The highest BCUT2D eigenvalue weighted by Gasteiger charge is 2.23. The molecular weight excluding hydrogens is 363 g/mol. The second-order valence-electron chi connectivity index (χ2n) is 4.27. The maximum Gasteiger partial charge on any atom is 0.342 e. The number of hydrogen-bond donors (Lipinski definition) is 0. The quantitative estimate of drug-likeness (QED) is 0.766. The fourth-order valence-electron chi connectivity index (χ4n) is 1.68. The summed E-state index contributed by atoms with van der Waals surface area (Å²) in [6.45, 7) is 1.83. The Hall–Kier alpha value is -1.60. The Morgan fingerprint density at radius 3 is 2.48 bits per heavy atom. The molecule has 0 aromatic heterocycles. The molecule has 0 aliphatic carbocycles. The molecule has 0 unspecified atom stereocenters. The Labute approximate surface area is 130 Å². The van der Waals surface area contributed by atoms with E-state index < -0.39 is 20.8 Å². The minimum Gasteiger partial charge on any atom is -0.493 e. The van der Waals surface area contributed by atoms with E-state index in [1.807, 2.05) is 6.92 Å². The van der Waals surface area contributed by atoms with Crippen LogP contribution in [0.25, 0.3) is 0 Å². The third-order valence-corrected chi connectivity index (χ3v) is 4.42. The van der Waals surface area contributed by atoms with Crippen LogP contribution < -0.4 is 8.92 Å². The molecule has 0 heterocycles. The summed E-state index contributed by atoms with van der Waals surface area (Å²) in [4.78, 5) is -0.542. The Balaban J connectivity index is 2.45. The summed E-state index contributed by atoms with van der Waals surface area (Å²) in [7, 11) is -2.90. The third kappa shape index (κ3) is 3.54. The first kappa shape index (κ1) is 15.8. The molecule has 0 atom stereocenters. The molecule has 2 aromatic carbocycles. The lowest BCUT2D eigenvalue weighted by Crippen LogP contribution is -2.12. The Kier molecular flexibility index (Phi) is 4.53. The van der Waals surface area contributed by atoms with E-state index in [0.717, 1.165) is 17.7 Å². The molecule has 0 spiro atoms. The van der Waals surface area contributed by atoms with Gasteiger partial charge in [-0.1, -0.05) is 22.0 Å². The number of rotatable bonds is 4. The lowest BCUT2D eigenvalue weighted by atomic mass is 10.2. The molecule has 0 bridgehead atoms. The van der Waals surface area contributed by atoms with Crippen molar-refractivity contribution in [1.29, 1.82) is 0 Å². The second-order valence-corrected chi connectivity index (χ2v) is 6.70. The van der Waals surface area contributed by atoms with Crippen molar-refractivity contribution in [3.63, 3.8) is 0 Å². The molecular formula is C14H12BrFO4S. The largest absolute Gasteiger partial charge is 0.493 e. The van der Waals surface area contributed by atoms with Crippen molar-refractivity contribution in [3.8, 4) is 11.5 Å². The van der Waals surface area contributed by atoms with Gasteiger partial charge in [0, 0.05) is 4.47 Å². The van der Waals surface area contributed by atoms with Crippen molar-refractivity contribution in [2.75, 3.05) is 7.11 Å². The number of methoxy groups -OCH3 is 1. The Morgan fingerprint density at radius 2 is 1.81 bits per heavy atom. The average Bonchev–Trinajstić information content (AvgIpc) is 2.43. The monoisotopic (exact) mass is 374 g/mol. The van der Waals surface area contributed by atoms with Gasteiger partial charge in [-0.25, -0.2) is 4.39 Å². The van der Waals surface area contributed by atoms with Gasteiger partial charge in [0.2, 0.25) is 0 Å². The summed E-state index contributed by atoms with van der Waals surface area (Å²) in [6.07, 6.45) is 0. The minimum atomic E-state index is -4.30. The summed E-state index contributed by atoms with van der Waals surface area (Å²) in [5.41, 5.74) is 0.880. The maximum atomic E-state index is 13.7. The molecule has 0 saturated heterocycles. The van der Waals surface area contributed by atoms with Crippen LogP contribution in [0.5, 0.6) is 11.5 Å². The normalized spacial score (nSPS) is 11.2. The van der Waals surface area contributed by atoms with Gasteiger partial charge in [0.05, 0.1) is 7.11 Å². The van der Waals surface area contributed by atoms with E-state index in [1.54, 1.807) is 12.1 Å². The molecule has 21 heavy (non-hydrogen) atoms. The van der Waals surface area contributed by atoms with Crippen molar-refractivity contribution in [2.45, 2.75) is 11.8 Å². The second kappa shape index (κ2) is 6.03. The van der Waals surface area contributed by atoms with E-state index >= 15 is 0 Å². The first-order valence-electron chi connectivity index (χ1n) is 5.87. The van der Waals surface area contributed by atoms with Crippen LogP contribution in [0, 0.1) is 12.7 Å². The zero-order valence-corrected chi connectivity index (χ0v) is 13.7. The summed E-state index contributed by atoms with van der Waals surface area (Å²) in [5.74, 6) is -0.624. The highest BCUT2D eigenvalue weighted by molar-refractivity contribution is 9.10. The van der Waals surface area contributed by atoms with Crippen LogP contribution in [0.3, 0.4) is 0 Å². The van der Waals surface area contributed by atoms with E-state index in [1.165, 1.54) is 19.2 Å². The van der Waals surface area contributed by atoms with Gasteiger partial charge in [0.15, 0.2) is 11.5 Å². The first-order valence-corrected chi connectivity index (χ1v) is 8.08. The molecule has 0 radical (unpaired) electrons. The Morgan fingerprint density at radius 1 is 1.10 bits per heavy atom. The fourth-order valence-corrected chi connectivity index (χ4v) is 3.23. The predicted molar refractivity (Wildman–Crippen MR) is 79.6 cm³/mol. The standard InChI is InChI=1S/C14H12BrFO4S/c1-9-3-6-12(13(7-9)19-2)20-21(17,18)14-8-10(15)4-5-11(14)16/h3-8H,1-2H3. The summed E-state index contributed by atoms with van der Waals surface area (Å²) >= 11 is 3.10. The van der Waals surface area contributed by atoms with Gasteiger partial charge < -0.3 is 8.92 Å². The predicted octanol–water partition coefficient (Wildman–Crippen LogP) is 3.67. The first-order chi connectivity index (χ1) is 9.83. The summed E-state index contributed by atoms with van der Waals surface area (Å²) in [5, 5.41) is 0. The van der Waals surface area contributed by atoms with E-state index in [0.29, 0.717) is 4.47 Å². The highest BCUT2D eigenvalue weighted by Crippen LogP contribution is 2.31. The third-order valence-electron chi connectivity index (χ3n) is 2.68. The Bertz CT molecular complexity index is 775. The number of benzene rings is 2. The average molecular weight is 375 g/mol. The van der Waals surface area contributed by atoms with E-state index in [9.17, 15) is 12.8 Å². The molecule has 0 aliphatic heterocycles. The number of aryl methyl sites for hydroxylation is 1. The molecule has 2 aromatic rings. The lowest BCUT2D eigenvalue weighted by molar-refractivity contribution is 0.389. The molecule has 0 amide bonds. The number of hydrogen-bond acceptors (Lipinski definition) is 4. The minimum absolute atomic E-state index is 0.00229. The fraction of sp³-hybridized carbons (Fsp3) is 0.143. The zero-order valence-electron chi connectivity index (χ0n) is 11.3. The van der Waals surface area contributed by atoms with Crippen LogP contribution in [-0.4, -0.2) is 15.5 Å². The van der Waals surface area contributed by atoms with Crippen molar-refractivity contribution in [1.82, 2.24) is 0 Å². The van der Waals surface area contributed by atoms with E-state index in [-0.39, 0.29) is 11.5 Å². The van der Waals surface area contributed by atoms with Crippen molar-refractivity contribution in [3.05, 3.63) is 52.3 Å². The van der Waals surface area contributed by atoms with Crippen LogP contribution in [-0.2, 0) is 10.1 Å². The van der Waals surface area contributed by atoms with Gasteiger partial charge in [0.1, 0.15) is 10.7 Å². The SMILES string of the molecule is COc1cc(C)ccc1OS(=O)(=O)c1cc(Br)ccc1F. The molecule has 0 fully saturated rings.